The summed E-state index contributed by atoms with van der Waals surface area (Å²) < 4.78 is 40.4. The summed E-state index contributed by atoms with van der Waals surface area (Å²) in [6, 6.07) is 9.92. The van der Waals surface area contributed by atoms with Crippen molar-refractivity contribution in [3.8, 4) is 22.6 Å². The second-order valence-electron chi connectivity index (χ2n) is 5.72. The number of nitrogens with zero attached hydrogens (tertiary/aromatic N) is 5. The van der Waals surface area contributed by atoms with E-state index in [0.29, 0.717) is 22.6 Å². The minimum absolute atomic E-state index is 0.0936. The van der Waals surface area contributed by atoms with E-state index in [0.717, 1.165) is 18.0 Å². The van der Waals surface area contributed by atoms with E-state index in [1.165, 1.54) is 4.52 Å². The van der Waals surface area contributed by atoms with Gasteiger partial charge in [-0.25, -0.2) is 9.50 Å². The van der Waals surface area contributed by atoms with Crippen molar-refractivity contribution in [2.75, 3.05) is 0 Å². The van der Waals surface area contributed by atoms with Crippen molar-refractivity contribution < 1.29 is 13.2 Å². The molecule has 0 atom stereocenters. The van der Waals surface area contributed by atoms with Crippen LogP contribution in [-0.4, -0.2) is 24.6 Å². The van der Waals surface area contributed by atoms with Crippen LogP contribution in [0.4, 0.5) is 13.2 Å². The molecule has 0 spiro atoms. The molecule has 0 aliphatic rings. The second kappa shape index (κ2) is 5.91. The molecule has 5 nitrogen and oxygen atoms in total. The van der Waals surface area contributed by atoms with Gasteiger partial charge in [0.2, 0.25) is 0 Å². The fourth-order valence-corrected chi connectivity index (χ4v) is 2.64. The number of alkyl halides is 3. The molecular formula is C18H12F3N5. The molecule has 4 heterocycles. The SMILES string of the molecule is Cc1ccc(-c2c(-c3ccccn3)nc3cc(C(F)(F)F)cnn23)cn1. The maximum absolute atomic E-state index is 13.0. The summed E-state index contributed by atoms with van der Waals surface area (Å²) in [6.07, 6.45) is -0.449. The zero-order valence-corrected chi connectivity index (χ0v) is 13.6. The Kier molecular flexibility index (Phi) is 3.68. The summed E-state index contributed by atoms with van der Waals surface area (Å²) in [5.41, 5.74) is 2.29. The highest BCUT2D eigenvalue weighted by molar-refractivity contribution is 5.79. The molecule has 4 aromatic rings. The first-order valence-corrected chi connectivity index (χ1v) is 7.74. The lowest BCUT2D eigenvalue weighted by Gasteiger charge is -2.07. The van der Waals surface area contributed by atoms with Crippen molar-refractivity contribution in [1.82, 2.24) is 24.6 Å². The van der Waals surface area contributed by atoms with Crippen LogP contribution in [0, 0.1) is 6.92 Å². The van der Waals surface area contributed by atoms with Crippen molar-refractivity contribution in [3.05, 3.63) is 66.2 Å². The molecule has 0 aliphatic carbocycles. The number of hydrogen-bond acceptors (Lipinski definition) is 4. The van der Waals surface area contributed by atoms with Crippen molar-refractivity contribution in [3.63, 3.8) is 0 Å². The maximum Gasteiger partial charge on any atom is 0.418 e. The van der Waals surface area contributed by atoms with Gasteiger partial charge in [-0.15, -0.1) is 0 Å². The number of hydrogen-bond donors (Lipinski definition) is 0. The number of fused-ring (bicyclic) bond motifs is 1. The van der Waals surface area contributed by atoms with Gasteiger partial charge >= 0.3 is 6.18 Å². The average Bonchev–Trinajstić information content (AvgIpc) is 3.01. The standard InChI is InChI=1S/C18H12F3N5/c1-11-5-6-12(9-23-11)17-16(14-4-2-3-7-22-14)25-15-8-13(18(19,20)21)10-24-26(15)17/h2-10H,1H3. The lowest BCUT2D eigenvalue weighted by Crippen LogP contribution is -2.07. The number of aryl methyl sites for hydroxylation is 1. The minimum atomic E-state index is -4.49. The van der Waals surface area contributed by atoms with E-state index >= 15 is 0 Å². The second-order valence-corrected chi connectivity index (χ2v) is 5.72. The third-order valence-corrected chi connectivity index (χ3v) is 3.90. The predicted molar refractivity (Wildman–Crippen MR) is 89.2 cm³/mol. The van der Waals surface area contributed by atoms with Crippen LogP contribution in [0.25, 0.3) is 28.3 Å². The van der Waals surface area contributed by atoms with E-state index in [1.54, 1.807) is 30.6 Å². The molecule has 130 valence electrons. The topological polar surface area (TPSA) is 56.0 Å². The lowest BCUT2D eigenvalue weighted by molar-refractivity contribution is -0.137. The zero-order chi connectivity index (χ0) is 18.3. The highest BCUT2D eigenvalue weighted by atomic mass is 19.4. The summed E-state index contributed by atoms with van der Waals surface area (Å²) in [5.74, 6) is 0. The predicted octanol–water partition coefficient (Wildman–Crippen LogP) is 4.18. The molecule has 0 amide bonds. The molecular weight excluding hydrogens is 343 g/mol. The Hall–Kier alpha value is -3.29. The molecule has 0 radical (unpaired) electrons. The summed E-state index contributed by atoms with van der Waals surface area (Å²) in [6.45, 7) is 1.85. The normalized spacial score (nSPS) is 11.8. The van der Waals surface area contributed by atoms with Crippen molar-refractivity contribution in [2.24, 2.45) is 0 Å². The van der Waals surface area contributed by atoms with Gasteiger partial charge in [-0.05, 0) is 37.3 Å². The van der Waals surface area contributed by atoms with E-state index in [2.05, 4.69) is 20.1 Å². The van der Waals surface area contributed by atoms with E-state index < -0.39 is 11.7 Å². The molecule has 4 aromatic heterocycles. The Bertz CT molecular complexity index is 1070. The average molecular weight is 355 g/mol. The van der Waals surface area contributed by atoms with Crippen LogP contribution in [0.3, 0.4) is 0 Å². The number of aromatic nitrogens is 5. The molecule has 0 aliphatic heterocycles. The van der Waals surface area contributed by atoms with E-state index in [9.17, 15) is 13.2 Å². The van der Waals surface area contributed by atoms with Crippen molar-refractivity contribution in [1.29, 1.82) is 0 Å². The van der Waals surface area contributed by atoms with Gasteiger partial charge in [0.25, 0.3) is 0 Å². The minimum Gasteiger partial charge on any atom is -0.261 e. The third kappa shape index (κ3) is 2.79. The van der Waals surface area contributed by atoms with Crippen LogP contribution in [-0.2, 0) is 6.18 Å². The Balaban J connectivity index is 2.01. The molecule has 0 bridgehead atoms. The Labute approximate surface area is 146 Å². The Morgan fingerprint density at radius 3 is 2.50 bits per heavy atom. The van der Waals surface area contributed by atoms with Gasteiger partial charge in [-0.1, -0.05) is 6.07 Å². The molecule has 4 rings (SSSR count). The van der Waals surface area contributed by atoms with Crippen LogP contribution in [0.1, 0.15) is 11.3 Å². The van der Waals surface area contributed by atoms with Gasteiger partial charge < -0.3 is 0 Å². The molecule has 26 heavy (non-hydrogen) atoms. The largest absolute Gasteiger partial charge is 0.418 e. The fraction of sp³-hybridized carbons (Fsp3) is 0.111. The third-order valence-electron chi connectivity index (χ3n) is 3.90. The molecule has 0 aromatic carbocycles. The lowest BCUT2D eigenvalue weighted by atomic mass is 10.1. The number of imidazole rings is 1. The molecule has 8 heteroatoms. The van der Waals surface area contributed by atoms with Gasteiger partial charge in [0.1, 0.15) is 11.4 Å². The van der Waals surface area contributed by atoms with Crippen LogP contribution in [0.2, 0.25) is 0 Å². The summed E-state index contributed by atoms with van der Waals surface area (Å²) >= 11 is 0. The highest BCUT2D eigenvalue weighted by Crippen LogP contribution is 2.34. The van der Waals surface area contributed by atoms with E-state index in [1.807, 2.05) is 19.1 Å². The first kappa shape index (κ1) is 16.2. The van der Waals surface area contributed by atoms with Crippen LogP contribution in [0.5, 0.6) is 0 Å². The number of halogens is 3. The molecule has 0 saturated heterocycles. The zero-order valence-electron chi connectivity index (χ0n) is 13.6. The monoisotopic (exact) mass is 355 g/mol. The van der Waals surface area contributed by atoms with Gasteiger partial charge in [-0.2, -0.15) is 18.3 Å². The van der Waals surface area contributed by atoms with Gasteiger partial charge in [0.05, 0.1) is 17.5 Å². The van der Waals surface area contributed by atoms with Gasteiger partial charge in [0, 0.05) is 23.7 Å². The van der Waals surface area contributed by atoms with Gasteiger partial charge in [0.15, 0.2) is 5.65 Å². The first-order chi connectivity index (χ1) is 12.4. The fourth-order valence-electron chi connectivity index (χ4n) is 2.64. The maximum atomic E-state index is 13.0. The first-order valence-electron chi connectivity index (χ1n) is 7.74. The number of pyridine rings is 2. The summed E-state index contributed by atoms with van der Waals surface area (Å²) in [5, 5.41) is 3.97. The van der Waals surface area contributed by atoms with Crippen molar-refractivity contribution in [2.45, 2.75) is 13.1 Å². The summed E-state index contributed by atoms with van der Waals surface area (Å²) in [7, 11) is 0. The van der Waals surface area contributed by atoms with Crippen LogP contribution >= 0.6 is 0 Å². The summed E-state index contributed by atoms with van der Waals surface area (Å²) in [4.78, 5) is 12.9. The Morgan fingerprint density at radius 1 is 1.00 bits per heavy atom. The van der Waals surface area contributed by atoms with E-state index in [4.69, 9.17) is 0 Å². The highest BCUT2D eigenvalue weighted by Gasteiger charge is 2.32. The molecule has 0 unspecified atom stereocenters. The molecule has 0 N–H and O–H groups in total. The number of rotatable bonds is 2. The van der Waals surface area contributed by atoms with Gasteiger partial charge in [-0.3, -0.25) is 9.97 Å². The smallest absolute Gasteiger partial charge is 0.261 e. The van der Waals surface area contributed by atoms with E-state index in [-0.39, 0.29) is 5.65 Å². The quantitative estimate of drug-likeness (QED) is 0.541. The van der Waals surface area contributed by atoms with Crippen molar-refractivity contribution >= 4 is 5.65 Å². The molecule has 0 fully saturated rings. The van der Waals surface area contributed by atoms with Crippen LogP contribution in [0.15, 0.2) is 55.0 Å². The Morgan fingerprint density at radius 2 is 1.85 bits per heavy atom. The van der Waals surface area contributed by atoms with Crippen LogP contribution < -0.4 is 0 Å². The molecule has 0 saturated carbocycles.